The molecule has 1 atom stereocenters. The van der Waals surface area contributed by atoms with Crippen molar-refractivity contribution in [1.82, 2.24) is 15.5 Å². The maximum absolute atomic E-state index is 12.3. The number of aromatic nitrogens is 2. The van der Waals surface area contributed by atoms with Crippen molar-refractivity contribution in [3.63, 3.8) is 0 Å². The third-order valence-corrected chi connectivity index (χ3v) is 5.14. The van der Waals surface area contributed by atoms with E-state index in [0.29, 0.717) is 10.1 Å². The summed E-state index contributed by atoms with van der Waals surface area (Å²) in [6.45, 7) is 1.61. The second kappa shape index (κ2) is 9.38. The van der Waals surface area contributed by atoms with Gasteiger partial charge in [0.25, 0.3) is 0 Å². The van der Waals surface area contributed by atoms with Crippen molar-refractivity contribution in [2.45, 2.75) is 13.0 Å². The molecule has 0 aliphatic rings. The zero-order chi connectivity index (χ0) is 19.9. The molecule has 8 heteroatoms. The maximum atomic E-state index is 12.3. The normalized spacial score (nSPS) is 11.9. The van der Waals surface area contributed by atoms with E-state index >= 15 is 0 Å². The van der Waals surface area contributed by atoms with Gasteiger partial charge in [-0.25, -0.2) is 0 Å². The molecule has 0 aliphatic carbocycles. The smallest absolute Gasteiger partial charge is 0.248 e. The molecule has 1 heterocycles. The number of rotatable bonds is 6. The Kier molecular flexibility index (Phi) is 6.67. The van der Waals surface area contributed by atoms with Gasteiger partial charge in [0.05, 0.1) is 0 Å². The third kappa shape index (κ3) is 5.58. The first-order chi connectivity index (χ1) is 13.5. The molecule has 0 fully saturated rings. The number of hydrogen-bond donors (Lipinski definition) is 2. The largest absolute Gasteiger partial charge is 0.341 e. The predicted molar refractivity (Wildman–Crippen MR) is 115 cm³/mol. The van der Waals surface area contributed by atoms with Crippen molar-refractivity contribution in [3.05, 3.63) is 70.7 Å². The minimum absolute atomic E-state index is 0.348. The lowest BCUT2D eigenvalue weighted by Crippen LogP contribution is -2.40. The fourth-order valence-corrected chi connectivity index (χ4v) is 3.28. The minimum atomic E-state index is -0.715. The highest BCUT2D eigenvalue weighted by molar-refractivity contribution is 9.10. The molecule has 3 rings (SSSR count). The Morgan fingerprint density at radius 3 is 2.50 bits per heavy atom. The average molecular weight is 457 g/mol. The quantitative estimate of drug-likeness (QED) is 0.546. The zero-order valence-corrected chi connectivity index (χ0v) is 17.3. The summed E-state index contributed by atoms with van der Waals surface area (Å²) in [6.07, 6.45) is 3.09. The van der Waals surface area contributed by atoms with Crippen molar-refractivity contribution < 1.29 is 9.59 Å². The lowest BCUT2D eigenvalue weighted by Gasteiger charge is -2.11. The van der Waals surface area contributed by atoms with Gasteiger partial charge in [-0.3, -0.25) is 14.9 Å². The number of benzene rings is 2. The van der Waals surface area contributed by atoms with E-state index in [1.54, 1.807) is 13.0 Å². The molecule has 3 aromatic rings. The second-order valence-corrected chi connectivity index (χ2v) is 7.78. The van der Waals surface area contributed by atoms with E-state index in [2.05, 4.69) is 36.8 Å². The molecular formula is C20H17BrN4O2S. The summed E-state index contributed by atoms with van der Waals surface area (Å²) in [4.78, 5) is 24.3. The van der Waals surface area contributed by atoms with Gasteiger partial charge in [-0.05, 0) is 30.7 Å². The van der Waals surface area contributed by atoms with Gasteiger partial charge in [0, 0.05) is 16.1 Å². The number of nitrogens with zero attached hydrogens (tertiary/aromatic N) is 2. The molecule has 1 aromatic heterocycles. The molecule has 0 radical (unpaired) electrons. The van der Waals surface area contributed by atoms with E-state index in [1.807, 2.05) is 54.6 Å². The highest BCUT2D eigenvalue weighted by atomic mass is 79.9. The summed E-state index contributed by atoms with van der Waals surface area (Å²) in [7, 11) is 0. The number of anilines is 1. The van der Waals surface area contributed by atoms with E-state index in [9.17, 15) is 9.59 Å². The summed E-state index contributed by atoms with van der Waals surface area (Å²) in [5.74, 6) is -0.709. The monoisotopic (exact) mass is 456 g/mol. The van der Waals surface area contributed by atoms with E-state index in [0.717, 1.165) is 15.6 Å². The number of hydrogen-bond acceptors (Lipinski definition) is 5. The zero-order valence-electron chi connectivity index (χ0n) is 14.9. The summed E-state index contributed by atoms with van der Waals surface area (Å²) in [6, 6.07) is 16.4. The van der Waals surface area contributed by atoms with Crippen molar-refractivity contribution in [3.8, 4) is 10.6 Å². The van der Waals surface area contributed by atoms with Crippen LogP contribution in [0.1, 0.15) is 12.5 Å². The van der Waals surface area contributed by atoms with E-state index in [-0.39, 0.29) is 11.8 Å². The Morgan fingerprint density at radius 1 is 1.07 bits per heavy atom. The van der Waals surface area contributed by atoms with Crippen LogP contribution in [-0.2, 0) is 9.59 Å². The summed E-state index contributed by atoms with van der Waals surface area (Å²) in [5.41, 5.74) is 1.82. The molecule has 0 spiro atoms. The van der Waals surface area contributed by atoms with Crippen LogP contribution in [0.2, 0.25) is 0 Å². The van der Waals surface area contributed by atoms with Crippen LogP contribution >= 0.6 is 27.3 Å². The van der Waals surface area contributed by atoms with Crippen molar-refractivity contribution in [2.24, 2.45) is 0 Å². The Bertz CT molecular complexity index is 987. The summed E-state index contributed by atoms with van der Waals surface area (Å²) < 4.78 is 0.972. The number of carbonyl (C=O) groups is 2. The van der Waals surface area contributed by atoms with Crippen molar-refractivity contribution >= 4 is 50.3 Å². The Labute approximate surface area is 174 Å². The van der Waals surface area contributed by atoms with E-state index < -0.39 is 6.04 Å². The van der Waals surface area contributed by atoms with Crippen LogP contribution in [0.4, 0.5) is 5.13 Å². The molecule has 2 aromatic carbocycles. The maximum Gasteiger partial charge on any atom is 0.248 e. The van der Waals surface area contributed by atoms with Crippen LogP contribution in [0.15, 0.2) is 65.1 Å². The van der Waals surface area contributed by atoms with E-state index in [4.69, 9.17) is 0 Å². The van der Waals surface area contributed by atoms with E-state index in [1.165, 1.54) is 17.4 Å². The van der Waals surface area contributed by atoms with Crippen LogP contribution < -0.4 is 10.6 Å². The van der Waals surface area contributed by atoms with Gasteiger partial charge in [-0.1, -0.05) is 69.7 Å². The lowest BCUT2D eigenvalue weighted by molar-refractivity contribution is -0.123. The van der Waals surface area contributed by atoms with Crippen LogP contribution in [-0.4, -0.2) is 28.1 Å². The summed E-state index contributed by atoms with van der Waals surface area (Å²) in [5, 5.41) is 14.5. The van der Waals surface area contributed by atoms with Crippen LogP contribution in [0, 0.1) is 0 Å². The number of nitrogens with one attached hydrogen (secondary N) is 2. The minimum Gasteiger partial charge on any atom is -0.341 e. The van der Waals surface area contributed by atoms with Crippen molar-refractivity contribution in [1.29, 1.82) is 0 Å². The van der Waals surface area contributed by atoms with Gasteiger partial charge in [0.1, 0.15) is 11.0 Å². The van der Waals surface area contributed by atoms with Crippen molar-refractivity contribution in [2.75, 3.05) is 5.32 Å². The van der Waals surface area contributed by atoms with Gasteiger partial charge < -0.3 is 5.32 Å². The highest BCUT2D eigenvalue weighted by Crippen LogP contribution is 2.27. The molecule has 0 aliphatic heterocycles. The first kappa shape index (κ1) is 19.9. The molecule has 0 bridgehead atoms. The topological polar surface area (TPSA) is 84.0 Å². The van der Waals surface area contributed by atoms with Crippen LogP contribution in [0.5, 0.6) is 0 Å². The predicted octanol–water partition coefficient (Wildman–Crippen LogP) is 4.12. The fourth-order valence-electron chi connectivity index (χ4n) is 2.26. The highest BCUT2D eigenvalue weighted by Gasteiger charge is 2.17. The molecule has 0 saturated carbocycles. The van der Waals surface area contributed by atoms with Gasteiger partial charge in [0.15, 0.2) is 0 Å². The SMILES string of the molecule is C[C@@H](NC(=O)/C=C/c1ccccc1)C(=O)Nc1nnc(-c2ccc(Br)cc2)s1. The molecule has 2 N–H and O–H groups in total. The first-order valence-electron chi connectivity index (χ1n) is 8.45. The lowest BCUT2D eigenvalue weighted by atomic mass is 10.2. The molecule has 28 heavy (non-hydrogen) atoms. The molecule has 6 nitrogen and oxygen atoms in total. The average Bonchev–Trinajstić information content (AvgIpc) is 3.16. The standard InChI is InChI=1S/C20H17BrN4O2S/c1-13(22-17(26)12-7-14-5-3-2-4-6-14)18(27)23-20-25-24-19(28-20)15-8-10-16(21)11-9-15/h2-13H,1H3,(H,22,26)(H,23,25,27)/b12-7+/t13-/m1/s1. The third-order valence-electron chi connectivity index (χ3n) is 3.73. The first-order valence-corrected chi connectivity index (χ1v) is 10.1. The molecule has 2 amide bonds. The fraction of sp³-hybridized carbons (Fsp3) is 0.100. The molecule has 0 unspecified atom stereocenters. The van der Waals surface area contributed by atoms with Crippen LogP contribution in [0.25, 0.3) is 16.6 Å². The molecule has 142 valence electrons. The van der Waals surface area contributed by atoms with Gasteiger partial charge in [-0.15, -0.1) is 10.2 Å². The Balaban J connectivity index is 1.55. The second-order valence-electron chi connectivity index (χ2n) is 5.88. The number of halogens is 1. The van der Waals surface area contributed by atoms with Gasteiger partial charge in [0.2, 0.25) is 16.9 Å². The van der Waals surface area contributed by atoms with Gasteiger partial charge >= 0.3 is 0 Å². The number of carbonyl (C=O) groups excluding carboxylic acids is 2. The van der Waals surface area contributed by atoms with Crippen LogP contribution in [0.3, 0.4) is 0 Å². The Morgan fingerprint density at radius 2 is 1.79 bits per heavy atom. The number of amides is 2. The molecule has 0 saturated heterocycles. The summed E-state index contributed by atoms with van der Waals surface area (Å²) >= 11 is 4.65. The molecular weight excluding hydrogens is 440 g/mol. The Hall–Kier alpha value is -2.84. The van der Waals surface area contributed by atoms with Gasteiger partial charge in [-0.2, -0.15) is 0 Å².